The first-order chi connectivity index (χ1) is 17.4. The number of guanidine groups is 1. The number of aliphatic imine (C=N–C) groups is 1. The molecule has 192 valence electrons. The van der Waals surface area contributed by atoms with Crippen LogP contribution < -0.4 is 11.1 Å². The largest absolute Gasteiger partial charge is 0.450 e. The van der Waals surface area contributed by atoms with Gasteiger partial charge in [0, 0.05) is 50.1 Å². The summed E-state index contributed by atoms with van der Waals surface area (Å²) < 4.78 is 5.09. The normalized spacial score (nSPS) is 20.2. The fourth-order valence-electron chi connectivity index (χ4n) is 4.56. The van der Waals surface area contributed by atoms with Gasteiger partial charge < -0.3 is 25.6 Å². The molecule has 1 aromatic heterocycles. The summed E-state index contributed by atoms with van der Waals surface area (Å²) in [7, 11) is 0. The number of carbonyl (C=O) groups excluding carboxylic acids is 2. The van der Waals surface area contributed by atoms with Crippen molar-refractivity contribution in [1.29, 1.82) is 0 Å². The van der Waals surface area contributed by atoms with Crippen LogP contribution in [0.5, 0.6) is 0 Å². The number of pyridine rings is 1. The Morgan fingerprint density at radius 1 is 1.22 bits per heavy atom. The lowest BCUT2D eigenvalue weighted by molar-refractivity contribution is 0.0735. The molecule has 9 nitrogen and oxygen atoms in total. The zero-order valence-electron chi connectivity index (χ0n) is 21.1. The molecule has 2 amide bonds. The molecule has 3 heterocycles. The zero-order chi connectivity index (χ0) is 25.7. The highest BCUT2D eigenvalue weighted by molar-refractivity contribution is 5.97. The van der Waals surface area contributed by atoms with Crippen molar-refractivity contribution in [3.05, 3.63) is 59.8 Å². The molecule has 2 aromatic rings. The zero-order valence-corrected chi connectivity index (χ0v) is 21.1. The van der Waals surface area contributed by atoms with Crippen molar-refractivity contribution in [1.82, 2.24) is 14.8 Å². The Labute approximate surface area is 213 Å². The Kier molecular flexibility index (Phi) is 7.87. The molecule has 2 aliphatic rings. The van der Waals surface area contributed by atoms with E-state index >= 15 is 0 Å². The third-order valence-corrected chi connectivity index (χ3v) is 6.90. The molecule has 2 aliphatic heterocycles. The highest BCUT2D eigenvalue weighted by Gasteiger charge is 2.31. The fourth-order valence-corrected chi connectivity index (χ4v) is 4.56. The van der Waals surface area contributed by atoms with Crippen LogP contribution in [0.25, 0.3) is 5.57 Å². The van der Waals surface area contributed by atoms with Crippen LogP contribution in [0.1, 0.15) is 51.0 Å². The predicted octanol–water partition coefficient (Wildman–Crippen LogP) is 4.50. The number of ether oxygens (including phenoxy) is 1. The number of nitrogens with one attached hydrogen (secondary N) is 1. The summed E-state index contributed by atoms with van der Waals surface area (Å²) >= 11 is 0. The highest BCUT2D eigenvalue weighted by atomic mass is 16.6. The van der Waals surface area contributed by atoms with E-state index < -0.39 is 0 Å². The minimum absolute atomic E-state index is 0. The van der Waals surface area contributed by atoms with Crippen molar-refractivity contribution < 1.29 is 15.8 Å². The molecule has 2 atom stereocenters. The van der Waals surface area contributed by atoms with E-state index in [0.717, 1.165) is 29.8 Å². The molecule has 0 bridgehead atoms. The van der Waals surface area contributed by atoms with Crippen LogP contribution in [0.4, 0.5) is 16.3 Å². The Morgan fingerprint density at radius 2 is 2.00 bits per heavy atom. The minimum atomic E-state index is -0.303. The van der Waals surface area contributed by atoms with Crippen molar-refractivity contribution in [2.24, 2.45) is 16.6 Å². The molecule has 1 saturated heterocycles. The van der Waals surface area contributed by atoms with Gasteiger partial charge >= 0.3 is 6.09 Å². The highest BCUT2D eigenvalue weighted by Crippen LogP contribution is 2.29. The van der Waals surface area contributed by atoms with Crippen molar-refractivity contribution in [3.63, 3.8) is 0 Å². The number of hydrogen-bond donors (Lipinski definition) is 2. The van der Waals surface area contributed by atoms with Gasteiger partial charge in [0.05, 0.1) is 6.61 Å². The average Bonchev–Trinajstić information content (AvgIpc) is 3.22. The van der Waals surface area contributed by atoms with Crippen LogP contribution in [-0.2, 0) is 4.74 Å². The van der Waals surface area contributed by atoms with Gasteiger partial charge in [0.1, 0.15) is 0 Å². The Morgan fingerprint density at radius 3 is 2.64 bits per heavy atom. The van der Waals surface area contributed by atoms with Gasteiger partial charge in [-0.15, -0.1) is 0 Å². The van der Waals surface area contributed by atoms with E-state index in [0.29, 0.717) is 43.4 Å². The molecular formula is C27H36N6O3. The number of aromatic nitrogens is 1. The number of rotatable bonds is 5. The van der Waals surface area contributed by atoms with Gasteiger partial charge in [-0.05, 0) is 74.6 Å². The standard InChI is InChI=1S/C27H34N6O3.H2/c1-4-36-27(35)32-15-12-20(13-16-32)23-6-5-14-29-24(23)31-26(28)30-22-9-7-21(8-10-22)25(34)33-17-11-18(2)19(33)3;/h5-10,12,14,18-19H,4,11,13,15-17H2,1-3H3,(H3,28,29,30,31);1H. The van der Waals surface area contributed by atoms with Gasteiger partial charge in [0.2, 0.25) is 0 Å². The molecule has 2 unspecified atom stereocenters. The lowest BCUT2D eigenvalue weighted by Crippen LogP contribution is -2.35. The lowest BCUT2D eigenvalue weighted by atomic mass is 10.0. The first-order valence-corrected chi connectivity index (χ1v) is 12.5. The summed E-state index contributed by atoms with van der Waals surface area (Å²) in [5.41, 5.74) is 9.52. The Balaban J connectivity index is 0.00000380. The van der Waals surface area contributed by atoms with Crippen LogP contribution in [0, 0.1) is 5.92 Å². The minimum Gasteiger partial charge on any atom is -0.450 e. The molecule has 1 aromatic carbocycles. The number of nitrogens with zero attached hydrogens (tertiary/aromatic N) is 4. The monoisotopic (exact) mass is 492 g/mol. The summed E-state index contributed by atoms with van der Waals surface area (Å²) in [6, 6.07) is 11.3. The molecule has 0 spiro atoms. The topological polar surface area (TPSA) is 113 Å². The van der Waals surface area contributed by atoms with E-state index in [-0.39, 0.29) is 25.4 Å². The van der Waals surface area contributed by atoms with Crippen molar-refractivity contribution >= 4 is 35.0 Å². The summed E-state index contributed by atoms with van der Waals surface area (Å²) in [5.74, 6) is 1.27. The predicted molar refractivity (Wildman–Crippen MR) is 143 cm³/mol. The first kappa shape index (κ1) is 25.2. The maximum Gasteiger partial charge on any atom is 0.410 e. The second-order valence-electron chi connectivity index (χ2n) is 9.20. The van der Waals surface area contributed by atoms with Crippen LogP contribution in [0.3, 0.4) is 0 Å². The number of likely N-dealkylation sites (tertiary alicyclic amines) is 1. The number of amides is 2. The molecule has 9 heteroatoms. The second-order valence-corrected chi connectivity index (χ2v) is 9.20. The quantitative estimate of drug-likeness (QED) is 0.469. The maximum absolute atomic E-state index is 12.9. The van der Waals surface area contributed by atoms with Crippen molar-refractivity contribution in [2.45, 2.75) is 39.7 Å². The van der Waals surface area contributed by atoms with Crippen molar-refractivity contribution in [3.8, 4) is 0 Å². The van der Waals surface area contributed by atoms with E-state index in [4.69, 9.17) is 10.5 Å². The summed E-state index contributed by atoms with van der Waals surface area (Å²) in [6.45, 7) is 8.28. The molecule has 0 radical (unpaired) electrons. The van der Waals surface area contributed by atoms with Crippen LogP contribution in [0.2, 0.25) is 0 Å². The van der Waals surface area contributed by atoms with E-state index in [9.17, 15) is 9.59 Å². The van der Waals surface area contributed by atoms with E-state index in [1.807, 2.05) is 47.4 Å². The molecule has 1 fully saturated rings. The van der Waals surface area contributed by atoms with Crippen LogP contribution >= 0.6 is 0 Å². The van der Waals surface area contributed by atoms with Gasteiger partial charge in [-0.1, -0.05) is 13.0 Å². The molecule has 0 saturated carbocycles. The average molecular weight is 493 g/mol. The van der Waals surface area contributed by atoms with Crippen LogP contribution in [-0.4, -0.2) is 65.0 Å². The summed E-state index contributed by atoms with van der Waals surface area (Å²) in [6.07, 6.45) is 5.07. The molecular weight excluding hydrogens is 456 g/mol. The molecule has 0 aliphatic carbocycles. The Bertz CT molecular complexity index is 1170. The van der Waals surface area contributed by atoms with E-state index in [1.54, 1.807) is 18.0 Å². The van der Waals surface area contributed by atoms with E-state index in [1.165, 1.54) is 0 Å². The summed E-state index contributed by atoms with van der Waals surface area (Å²) in [5, 5.41) is 3.08. The second kappa shape index (κ2) is 11.2. The van der Waals surface area contributed by atoms with Gasteiger partial charge in [0.15, 0.2) is 11.8 Å². The number of anilines is 1. The molecule has 3 N–H and O–H groups in total. The van der Waals surface area contributed by atoms with Gasteiger partial charge in [-0.3, -0.25) is 4.79 Å². The number of nitrogens with two attached hydrogens (primary N) is 1. The molecule has 4 rings (SSSR count). The fraction of sp³-hybridized carbons (Fsp3) is 0.407. The van der Waals surface area contributed by atoms with Gasteiger partial charge in [-0.25, -0.2) is 9.78 Å². The first-order valence-electron chi connectivity index (χ1n) is 12.5. The Hall–Kier alpha value is -3.88. The SMILES string of the molecule is CCOC(=O)N1CC=C(c2cccnc2/N=C(\N)Nc2ccc(C(=O)N3CCC(C)C3C)cc2)CC1.[HH]. The van der Waals surface area contributed by atoms with Gasteiger partial charge in [-0.2, -0.15) is 4.99 Å². The van der Waals surface area contributed by atoms with E-state index in [2.05, 4.69) is 29.1 Å². The number of hydrogen-bond acceptors (Lipinski definition) is 5. The molecule has 36 heavy (non-hydrogen) atoms. The summed E-state index contributed by atoms with van der Waals surface area (Å²) in [4.78, 5) is 37.4. The lowest BCUT2D eigenvalue weighted by Gasteiger charge is -2.26. The smallest absolute Gasteiger partial charge is 0.410 e. The third-order valence-electron chi connectivity index (χ3n) is 6.90. The van der Waals surface area contributed by atoms with Gasteiger partial charge in [0.25, 0.3) is 5.91 Å². The number of benzene rings is 1. The maximum atomic E-state index is 12.9. The number of carbonyl (C=O) groups is 2. The third kappa shape index (κ3) is 5.67. The van der Waals surface area contributed by atoms with Crippen molar-refractivity contribution in [2.75, 3.05) is 31.6 Å². The van der Waals surface area contributed by atoms with Crippen LogP contribution in [0.15, 0.2) is 53.7 Å².